The monoisotopic (exact) mass is 361 g/mol. The van der Waals surface area contributed by atoms with E-state index in [4.69, 9.17) is 25.8 Å². The van der Waals surface area contributed by atoms with Gasteiger partial charge in [0.1, 0.15) is 5.75 Å². The zero-order valence-corrected chi connectivity index (χ0v) is 15.2. The molecule has 1 aliphatic rings. The number of methoxy groups -OCH3 is 1. The van der Waals surface area contributed by atoms with Crippen molar-refractivity contribution in [3.8, 4) is 17.2 Å². The predicted molar refractivity (Wildman–Crippen MR) is 97.0 cm³/mol. The molecule has 1 aliphatic heterocycles. The highest BCUT2D eigenvalue weighted by Crippen LogP contribution is 2.39. The Bertz CT molecular complexity index is 806. The first-order valence-corrected chi connectivity index (χ1v) is 8.45. The second-order valence-corrected chi connectivity index (χ2v) is 6.13. The Morgan fingerprint density at radius 1 is 1.28 bits per heavy atom. The van der Waals surface area contributed by atoms with Gasteiger partial charge in [0, 0.05) is 16.7 Å². The number of carbonyl (C=O) groups excluding carboxylic acids is 1. The van der Waals surface area contributed by atoms with Crippen molar-refractivity contribution >= 4 is 23.2 Å². The maximum absolute atomic E-state index is 12.7. The third-order valence-corrected chi connectivity index (χ3v) is 4.49. The number of fused-ring (bicyclic) bond motifs is 1. The number of hydrogen-bond acceptors (Lipinski definition) is 4. The summed E-state index contributed by atoms with van der Waals surface area (Å²) in [4.78, 5) is 14.3. The molecule has 2 aromatic rings. The van der Waals surface area contributed by atoms with Crippen LogP contribution in [-0.2, 0) is 11.3 Å². The zero-order valence-electron chi connectivity index (χ0n) is 14.5. The number of halogens is 1. The van der Waals surface area contributed by atoms with Crippen molar-refractivity contribution in [1.29, 1.82) is 0 Å². The first-order valence-electron chi connectivity index (χ1n) is 8.07. The summed E-state index contributed by atoms with van der Waals surface area (Å²) >= 11 is 6.18. The van der Waals surface area contributed by atoms with Crippen molar-refractivity contribution in [2.75, 3.05) is 25.2 Å². The van der Waals surface area contributed by atoms with Crippen LogP contribution >= 0.6 is 11.6 Å². The summed E-state index contributed by atoms with van der Waals surface area (Å²) in [5.41, 5.74) is 2.43. The van der Waals surface area contributed by atoms with E-state index in [1.807, 2.05) is 38.1 Å². The molecule has 0 atom stereocenters. The van der Waals surface area contributed by atoms with Gasteiger partial charge < -0.3 is 19.1 Å². The van der Waals surface area contributed by atoms with E-state index in [-0.39, 0.29) is 12.5 Å². The van der Waals surface area contributed by atoms with Crippen LogP contribution in [0.3, 0.4) is 0 Å². The van der Waals surface area contributed by atoms with Crippen molar-refractivity contribution in [3.63, 3.8) is 0 Å². The number of carbonyl (C=O) groups is 1. The molecule has 132 valence electrons. The van der Waals surface area contributed by atoms with Gasteiger partial charge in [-0.15, -0.1) is 0 Å². The Labute approximate surface area is 152 Å². The molecule has 2 aromatic carbocycles. The number of anilines is 1. The lowest BCUT2D eigenvalue weighted by molar-refractivity contribution is -0.120. The van der Waals surface area contributed by atoms with Crippen molar-refractivity contribution in [3.05, 3.63) is 46.5 Å². The maximum Gasteiger partial charge on any atom is 0.265 e. The molecule has 0 radical (unpaired) electrons. The third kappa shape index (κ3) is 3.37. The fraction of sp³-hybridized carbons (Fsp3) is 0.316. The second-order valence-electron chi connectivity index (χ2n) is 5.72. The molecule has 0 spiro atoms. The third-order valence-electron chi connectivity index (χ3n) is 4.08. The number of amides is 1. The fourth-order valence-corrected chi connectivity index (χ4v) is 2.98. The number of nitrogens with zero attached hydrogens (tertiary/aromatic N) is 1. The van der Waals surface area contributed by atoms with Gasteiger partial charge in [0.2, 0.25) is 0 Å². The number of rotatable bonds is 4. The van der Waals surface area contributed by atoms with Gasteiger partial charge in [-0.1, -0.05) is 23.7 Å². The van der Waals surface area contributed by atoms with Crippen molar-refractivity contribution in [1.82, 2.24) is 0 Å². The van der Waals surface area contributed by atoms with Crippen molar-refractivity contribution in [2.24, 2.45) is 0 Å². The van der Waals surface area contributed by atoms with E-state index in [9.17, 15) is 4.79 Å². The molecule has 3 rings (SSSR count). The number of para-hydroxylation sites is 1. The highest BCUT2D eigenvalue weighted by Gasteiger charge is 2.27. The normalized spacial score (nSPS) is 13.8. The fourth-order valence-electron chi connectivity index (χ4n) is 2.83. The lowest BCUT2D eigenvalue weighted by Gasteiger charge is -2.23. The van der Waals surface area contributed by atoms with Crippen molar-refractivity contribution < 1.29 is 19.0 Å². The molecule has 0 bridgehead atoms. The summed E-state index contributed by atoms with van der Waals surface area (Å²) in [5.74, 6) is 1.66. The summed E-state index contributed by atoms with van der Waals surface area (Å²) in [6.07, 6.45) is 0. The second kappa shape index (κ2) is 7.23. The van der Waals surface area contributed by atoms with Crippen LogP contribution in [-0.4, -0.2) is 26.2 Å². The molecule has 1 amide bonds. The van der Waals surface area contributed by atoms with E-state index in [1.54, 1.807) is 18.1 Å². The van der Waals surface area contributed by atoms with Crippen LogP contribution in [0.25, 0.3) is 0 Å². The van der Waals surface area contributed by atoms with E-state index >= 15 is 0 Å². The Balaban J connectivity index is 2.05. The van der Waals surface area contributed by atoms with Gasteiger partial charge in [-0.25, -0.2) is 0 Å². The predicted octanol–water partition coefficient (Wildman–Crippen LogP) is 3.98. The van der Waals surface area contributed by atoms with Gasteiger partial charge in [-0.3, -0.25) is 4.79 Å². The first-order chi connectivity index (χ1) is 12.0. The Hall–Kier alpha value is -2.40. The molecular weight excluding hydrogens is 342 g/mol. The van der Waals surface area contributed by atoms with Crippen LogP contribution in [0.2, 0.25) is 5.02 Å². The number of hydrogen-bond donors (Lipinski definition) is 0. The van der Waals surface area contributed by atoms with Crippen LogP contribution in [0, 0.1) is 6.92 Å². The summed E-state index contributed by atoms with van der Waals surface area (Å²) < 4.78 is 16.8. The van der Waals surface area contributed by atoms with Gasteiger partial charge in [-0.2, -0.15) is 0 Å². The minimum absolute atomic E-state index is 0.0675. The molecule has 0 aliphatic carbocycles. The van der Waals surface area contributed by atoms with Crippen molar-refractivity contribution in [2.45, 2.75) is 20.4 Å². The maximum atomic E-state index is 12.7. The lowest BCUT2D eigenvalue weighted by Crippen LogP contribution is -2.32. The topological polar surface area (TPSA) is 48.0 Å². The minimum Gasteiger partial charge on any atom is -0.495 e. The highest BCUT2D eigenvalue weighted by atomic mass is 35.5. The molecule has 0 N–H and O–H groups in total. The number of benzene rings is 2. The molecule has 25 heavy (non-hydrogen) atoms. The summed E-state index contributed by atoms with van der Waals surface area (Å²) in [7, 11) is 1.56. The lowest BCUT2D eigenvalue weighted by atomic mass is 10.1. The van der Waals surface area contributed by atoms with Gasteiger partial charge in [0.05, 0.1) is 25.9 Å². The van der Waals surface area contributed by atoms with E-state index < -0.39 is 0 Å². The number of aryl methyl sites for hydroxylation is 1. The summed E-state index contributed by atoms with van der Waals surface area (Å²) in [6, 6.07) is 9.25. The minimum atomic E-state index is -0.154. The summed E-state index contributed by atoms with van der Waals surface area (Å²) in [6.45, 7) is 4.64. The van der Waals surface area contributed by atoms with Gasteiger partial charge in [-0.05, 0) is 31.5 Å². The molecule has 0 aromatic heterocycles. The molecule has 1 heterocycles. The first kappa shape index (κ1) is 17.4. The van der Waals surface area contributed by atoms with Crippen LogP contribution in [0.4, 0.5) is 5.69 Å². The van der Waals surface area contributed by atoms with Gasteiger partial charge >= 0.3 is 0 Å². The highest BCUT2D eigenvalue weighted by molar-refractivity contribution is 6.31. The van der Waals surface area contributed by atoms with Gasteiger partial charge in [0.15, 0.2) is 18.1 Å². The Kier molecular flexibility index (Phi) is 5.04. The van der Waals surface area contributed by atoms with E-state index in [0.29, 0.717) is 41.1 Å². The van der Waals surface area contributed by atoms with E-state index in [2.05, 4.69) is 0 Å². The quantitative estimate of drug-likeness (QED) is 0.826. The molecule has 6 heteroatoms. The Morgan fingerprint density at radius 2 is 2.08 bits per heavy atom. The average Bonchev–Trinajstić information content (AvgIpc) is 2.77. The van der Waals surface area contributed by atoms with Gasteiger partial charge in [0.25, 0.3) is 5.91 Å². The van der Waals surface area contributed by atoms with Crippen LogP contribution in [0.15, 0.2) is 30.3 Å². The van der Waals surface area contributed by atoms with E-state index in [1.165, 1.54) is 0 Å². The summed E-state index contributed by atoms with van der Waals surface area (Å²) in [5, 5.41) is 0.596. The average molecular weight is 362 g/mol. The Morgan fingerprint density at radius 3 is 2.80 bits per heavy atom. The van der Waals surface area contributed by atoms with E-state index in [0.717, 1.165) is 11.1 Å². The largest absolute Gasteiger partial charge is 0.495 e. The molecule has 0 unspecified atom stereocenters. The molecule has 0 saturated heterocycles. The van der Waals surface area contributed by atoms with Crippen LogP contribution < -0.4 is 19.1 Å². The molecule has 0 saturated carbocycles. The smallest absolute Gasteiger partial charge is 0.265 e. The van der Waals surface area contributed by atoms with Crippen LogP contribution in [0.1, 0.15) is 18.1 Å². The zero-order chi connectivity index (χ0) is 18.0. The SMILES string of the molecule is CCOc1cccc2c1OCC(=O)N(c1cc(C)c(Cl)cc1OC)C2. The molecular formula is C19H20ClNO4. The molecule has 5 nitrogen and oxygen atoms in total. The molecule has 0 fully saturated rings. The standard InChI is InChI=1S/C19H20ClNO4/c1-4-24-16-7-5-6-13-10-21(18(22)11-25-19(13)16)15-8-12(2)14(20)9-17(15)23-3/h5-9H,4,10-11H2,1-3H3. The number of ether oxygens (including phenoxy) is 3. The van der Waals surface area contributed by atoms with Crippen LogP contribution in [0.5, 0.6) is 17.2 Å².